The Hall–Kier alpha value is 0. The Morgan fingerprint density at radius 1 is 1.08 bits per heavy atom. The Balaban J connectivity index is 2.03. The Morgan fingerprint density at radius 3 is 2.38 bits per heavy atom. The van der Waals surface area contributed by atoms with Crippen LogP contribution in [0.3, 0.4) is 0 Å². The van der Waals surface area contributed by atoms with Crippen molar-refractivity contribution in [1.29, 1.82) is 0 Å². The maximum absolute atomic E-state index is 2.42. The van der Waals surface area contributed by atoms with E-state index in [0.717, 1.165) is 11.8 Å². The third-order valence-corrected chi connectivity index (χ3v) is 3.57. The fourth-order valence-corrected chi connectivity index (χ4v) is 2.63. The highest BCUT2D eigenvalue weighted by Crippen LogP contribution is 2.29. The van der Waals surface area contributed by atoms with Gasteiger partial charge in [0.15, 0.2) is 0 Å². The molecule has 1 atom stereocenters. The van der Waals surface area contributed by atoms with Crippen molar-refractivity contribution in [1.82, 2.24) is 0 Å². The van der Waals surface area contributed by atoms with Gasteiger partial charge in [-0.25, -0.2) is 0 Å². The Morgan fingerprint density at radius 2 is 1.77 bits per heavy atom. The van der Waals surface area contributed by atoms with Gasteiger partial charge in [0, 0.05) is 0 Å². The minimum absolute atomic E-state index is 0.979. The molecule has 0 unspecified atom stereocenters. The van der Waals surface area contributed by atoms with Crippen molar-refractivity contribution < 1.29 is 0 Å². The van der Waals surface area contributed by atoms with Gasteiger partial charge in [0.25, 0.3) is 0 Å². The van der Waals surface area contributed by atoms with Gasteiger partial charge >= 0.3 is 0 Å². The van der Waals surface area contributed by atoms with E-state index in [0.29, 0.717) is 0 Å². The van der Waals surface area contributed by atoms with Gasteiger partial charge in [0.05, 0.1) is 0 Å². The summed E-state index contributed by atoms with van der Waals surface area (Å²) in [5.41, 5.74) is 0. The van der Waals surface area contributed by atoms with E-state index in [9.17, 15) is 0 Å². The number of rotatable bonds is 5. The first-order valence-corrected chi connectivity index (χ1v) is 6.33. The summed E-state index contributed by atoms with van der Waals surface area (Å²) in [6.45, 7) is 4.73. The van der Waals surface area contributed by atoms with E-state index in [1.165, 1.54) is 57.8 Å². The largest absolute Gasteiger partial charge is 0.0654 e. The Labute approximate surface area is 84.1 Å². The molecule has 1 aliphatic carbocycles. The minimum Gasteiger partial charge on any atom is -0.0654 e. The molecule has 0 nitrogen and oxygen atoms in total. The third-order valence-electron chi connectivity index (χ3n) is 3.57. The molecule has 78 valence electrons. The number of hydrogen-bond donors (Lipinski definition) is 0. The van der Waals surface area contributed by atoms with Gasteiger partial charge in [-0.3, -0.25) is 0 Å². The highest BCUT2D eigenvalue weighted by atomic mass is 14.2. The fourth-order valence-electron chi connectivity index (χ4n) is 2.63. The maximum atomic E-state index is 2.42. The lowest BCUT2D eigenvalue weighted by molar-refractivity contribution is 0.308. The molecule has 0 saturated heterocycles. The van der Waals surface area contributed by atoms with Gasteiger partial charge < -0.3 is 0 Å². The zero-order valence-electron chi connectivity index (χ0n) is 9.52. The molecular weight excluding hydrogens is 156 g/mol. The summed E-state index contributed by atoms with van der Waals surface area (Å²) in [5, 5.41) is 0. The van der Waals surface area contributed by atoms with Crippen molar-refractivity contribution in [2.45, 2.75) is 71.6 Å². The van der Waals surface area contributed by atoms with Crippen LogP contribution in [0.1, 0.15) is 71.6 Å². The quantitative estimate of drug-likeness (QED) is 0.574. The molecular formula is C13H26. The molecule has 0 aromatic carbocycles. The van der Waals surface area contributed by atoms with Gasteiger partial charge in [0.2, 0.25) is 0 Å². The highest BCUT2D eigenvalue weighted by molar-refractivity contribution is 4.67. The topological polar surface area (TPSA) is 0 Å². The fraction of sp³-hybridized carbons (Fsp3) is 1.00. The summed E-state index contributed by atoms with van der Waals surface area (Å²) in [5.74, 6) is 2.07. The Kier molecular flexibility index (Phi) is 5.50. The molecule has 0 heteroatoms. The van der Waals surface area contributed by atoms with Gasteiger partial charge in [-0.2, -0.15) is 0 Å². The summed E-state index contributed by atoms with van der Waals surface area (Å²) in [6.07, 6.45) is 13.4. The molecule has 0 N–H and O–H groups in total. The Bertz CT molecular complexity index is 111. The van der Waals surface area contributed by atoms with Crippen molar-refractivity contribution in [2.24, 2.45) is 11.8 Å². The molecule has 0 aliphatic heterocycles. The lowest BCUT2D eigenvalue weighted by Gasteiger charge is -2.22. The monoisotopic (exact) mass is 182 g/mol. The van der Waals surface area contributed by atoms with Crippen LogP contribution in [0, 0.1) is 11.8 Å². The van der Waals surface area contributed by atoms with Crippen LogP contribution in [0.4, 0.5) is 0 Å². The third kappa shape index (κ3) is 4.69. The lowest BCUT2D eigenvalue weighted by atomic mass is 9.84. The van der Waals surface area contributed by atoms with E-state index < -0.39 is 0 Å². The normalized spacial score (nSPS) is 21.7. The average Bonchev–Trinajstić information content (AvgIpc) is 2.17. The average molecular weight is 182 g/mol. The van der Waals surface area contributed by atoms with E-state index in [4.69, 9.17) is 0 Å². The van der Waals surface area contributed by atoms with Gasteiger partial charge in [-0.15, -0.1) is 0 Å². The summed E-state index contributed by atoms with van der Waals surface area (Å²) in [6, 6.07) is 0. The first-order chi connectivity index (χ1) is 6.33. The van der Waals surface area contributed by atoms with Crippen molar-refractivity contribution >= 4 is 0 Å². The molecule has 0 amide bonds. The second-order valence-electron chi connectivity index (χ2n) is 4.98. The summed E-state index contributed by atoms with van der Waals surface area (Å²) in [4.78, 5) is 0. The van der Waals surface area contributed by atoms with E-state index in [1.54, 1.807) is 0 Å². The standard InChI is InChI=1S/C13H26/c1-3-7-12(2)10-11-13-8-5-4-6-9-13/h12-13H,3-11H2,1-2H3/t12-/m1/s1. The molecule has 0 spiro atoms. The van der Waals surface area contributed by atoms with E-state index in [-0.39, 0.29) is 0 Å². The van der Waals surface area contributed by atoms with Crippen LogP contribution in [-0.2, 0) is 0 Å². The van der Waals surface area contributed by atoms with Crippen LogP contribution in [-0.4, -0.2) is 0 Å². The number of hydrogen-bond acceptors (Lipinski definition) is 0. The van der Waals surface area contributed by atoms with Crippen LogP contribution in [0.2, 0.25) is 0 Å². The van der Waals surface area contributed by atoms with E-state index in [2.05, 4.69) is 13.8 Å². The van der Waals surface area contributed by atoms with Crippen molar-refractivity contribution in [2.75, 3.05) is 0 Å². The summed E-state index contributed by atoms with van der Waals surface area (Å²) < 4.78 is 0. The zero-order chi connectivity index (χ0) is 9.52. The van der Waals surface area contributed by atoms with Crippen LogP contribution < -0.4 is 0 Å². The molecule has 13 heavy (non-hydrogen) atoms. The van der Waals surface area contributed by atoms with E-state index >= 15 is 0 Å². The minimum atomic E-state index is 0.979. The van der Waals surface area contributed by atoms with E-state index in [1.807, 2.05) is 0 Å². The summed E-state index contributed by atoms with van der Waals surface area (Å²) >= 11 is 0. The molecule has 0 radical (unpaired) electrons. The van der Waals surface area contributed by atoms with Gasteiger partial charge in [-0.05, 0) is 11.8 Å². The second-order valence-corrected chi connectivity index (χ2v) is 4.98. The molecule has 1 aliphatic rings. The molecule has 0 heterocycles. The molecule has 0 aromatic heterocycles. The van der Waals surface area contributed by atoms with Crippen molar-refractivity contribution in [3.8, 4) is 0 Å². The molecule has 1 saturated carbocycles. The smallest absolute Gasteiger partial charge is 0.0414 e. The summed E-state index contributed by atoms with van der Waals surface area (Å²) in [7, 11) is 0. The van der Waals surface area contributed by atoms with Crippen LogP contribution >= 0.6 is 0 Å². The molecule has 1 rings (SSSR count). The molecule has 0 bridgehead atoms. The first-order valence-electron chi connectivity index (χ1n) is 6.33. The molecule has 1 fully saturated rings. The van der Waals surface area contributed by atoms with Crippen molar-refractivity contribution in [3.63, 3.8) is 0 Å². The molecule has 0 aromatic rings. The van der Waals surface area contributed by atoms with Gasteiger partial charge in [-0.1, -0.05) is 71.6 Å². The van der Waals surface area contributed by atoms with Crippen LogP contribution in [0.5, 0.6) is 0 Å². The van der Waals surface area contributed by atoms with Crippen LogP contribution in [0.15, 0.2) is 0 Å². The van der Waals surface area contributed by atoms with Crippen LogP contribution in [0.25, 0.3) is 0 Å². The predicted octanol–water partition coefficient (Wildman–Crippen LogP) is 4.78. The van der Waals surface area contributed by atoms with Crippen molar-refractivity contribution in [3.05, 3.63) is 0 Å². The van der Waals surface area contributed by atoms with Gasteiger partial charge in [0.1, 0.15) is 0 Å². The lowest BCUT2D eigenvalue weighted by Crippen LogP contribution is -2.07. The SMILES string of the molecule is CCC[C@@H](C)CCC1CCCCC1. The zero-order valence-corrected chi connectivity index (χ0v) is 9.52. The highest BCUT2D eigenvalue weighted by Gasteiger charge is 2.13. The second kappa shape index (κ2) is 6.45. The predicted molar refractivity (Wildman–Crippen MR) is 59.9 cm³/mol. The maximum Gasteiger partial charge on any atom is -0.0414 e. The first kappa shape index (κ1) is 11.1.